The summed E-state index contributed by atoms with van der Waals surface area (Å²) < 4.78 is 5.23. The molecule has 0 heterocycles. The molecule has 1 rings (SSSR count). The van der Waals surface area contributed by atoms with Crippen molar-refractivity contribution in [2.45, 2.75) is 6.55 Å². The van der Waals surface area contributed by atoms with Crippen molar-refractivity contribution >= 4 is 9.76 Å². The molecule has 0 saturated carbocycles. The molecule has 2 heteroatoms. The summed E-state index contributed by atoms with van der Waals surface area (Å²) in [5, 5.41) is 0. The van der Waals surface area contributed by atoms with E-state index in [2.05, 4.69) is 0 Å². The lowest BCUT2D eigenvalue weighted by Crippen LogP contribution is -1.94. The quantitative estimate of drug-likeness (QED) is 0.563. The topological polar surface area (TPSA) is 9.23 Å². The van der Waals surface area contributed by atoms with Gasteiger partial charge >= 0.3 is 9.76 Å². The van der Waals surface area contributed by atoms with Gasteiger partial charge in [-0.25, -0.2) is 0 Å². The molecule has 1 aromatic carbocycles. The van der Waals surface area contributed by atoms with Crippen LogP contribution in [0, 0.1) is 0 Å². The molecule has 0 N–H and O–H groups in total. The summed E-state index contributed by atoms with van der Waals surface area (Å²) in [6, 6.07) is 9.82. The molecule has 0 aliphatic heterocycles. The molecule has 0 bridgehead atoms. The summed E-state index contributed by atoms with van der Waals surface area (Å²) in [5.74, 6) is 0.957. The van der Waals surface area contributed by atoms with Crippen LogP contribution in [0.5, 0.6) is 5.75 Å². The number of benzene rings is 1. The SMILES string of the molecule is C[Si]Oc1ccccc1. The van der Waals surface area contributed by atoms with Crippen LogP contribution in [-0.2, 0) is 0 Å². The standard InChI is InChI=1S/C7H8OSi/c1-9-8-7-5-3-2-4-6-7/h2-6H,1H3. The van der Waals surface area contributed by atoms with Gasteiger partial charge in [-0.05, 0) is 18.7 Å². The second-order valence-corrected chi connectivity index (χ2v) is 2.23. The minimum Gasteiger partial charge on any atom is -0.541 e. The van der Waals surface area contributed by atoms with Gasteiger partial charge in [0.1, 0.15) is 5.75 Å². The van der Waals surface area contributed by atoms with E-state index in [0.29, 0.717) is 9.76 Å². The van der Waals surface area contributed by atoms with Crippen molar-refractivity contribution in [2.75, 3.05) is 0 Å². The van der Waals surface area contributed by atoms with Crippen molar-refractivity contribution < 1.29 is 4.43 Å². The highest BCUT2D eigenvalue weighted by molar-refractivity contribution is 6.26. The normalized spacial score (nSPS) is 9.00. The Morgan fingerprint density at radius 3 is 2.44 bits per heavy atom. The number of rotatable bonds is 2. The van der Waals surface area contributed by atoms with Crippen molar-refractivity contribution in [3.8, 4) is 5.75 Å². The van der Waals surface area contributed by atoms with Crippen molar-refractivity contribution in [1.29, 1.82) is 0 Å². The molecule has 0 fully saturated rings. The predicted molar refractivity (Wildman–Crippen MR) is 38.7 cm³/mol. The van der Waals surface area contributed by atoms with Gasteiger partial charge in [0.15, 0.2) is 0 Å². The first-order chi connectivity index (χ1) is 4.43. The molecule has 0 aliphatic carbocycles. The van der Waals surface area contributed by atoms with Crippen LogP contribution >= 0.6 is 0 Å². The van der Waals surface area contributed by atoms with Crippen molar-refractivity contribution in [3.63, 3.8) is 0 Å². The van der Waals surface area contributed by atoms with Crippen LogP contribution in [0.3, 0.4) is 0 Å². The zero-order valence-electron chi connectivity index (χ0n) is 5.29. The third-order valence-electron chi connectivity index (χ3n) is 0.963. The van der Waals surface area contributed by atoms with E-state index in [4.69, 9.17) is 4.43 Å². The van der Waals surface area contributed by atoms with Gasteiger partial charge in [-0.3, -0.25) is 0 Å². The van der Waals surface area contributed by atoms with Gasteiger partial charge in [0.05, 0.1) is 0 Å². The lowest BCUT2D eigenvalue weighted by atomic mass is 10.3. The monoisotopic (exact) mass is 136 g/mol. The van der Waals surface area contributed by atoms with Crippen LogP contribution in [0.15, 0.2) is 30.3 Å². The van der Waals surface area contributed by atoms with E-state index < -0.39 is 0 Å². The lowest BCUT2D eigenvalue weighted by Gasteiger charge is -1.98. The Morgan fingerprint density at radius 1 is 1.22 bits per heavy atom. The van der Waals surface area contributed by atoms with E-state index in [0.717, 1.165) is 5.75 Å². The Labute approximate surface area is 57.6 Å². The van der Waals surface area contributed by atoms with E-state index in [9.17, 15) is 0 Å². The van der Waals surface area contributed by atoms with Crippen LogP contribution in [0.25, 0.3) is 0 Å². The summed E-state index contributed by atoms with van der Waals surface area (Å²) in [4.78, 5) is 0. The minimum atomic E-state index is 0.535. The lowest BCUT2D eigenvalue weighted by molar-refractivity contribution is 0.600. The largest absolute Gasteiger partial charge is 0.541 e. The Hall–Kier alpha value is -0.763. The molecule has 0 amide bonds. The molecule has 46 valence electrons. The third-order valence-corrected chi connectivity index (χ3v) is 1.40. The van der Waals surface area contributed by atoms with Crippen molar-refractivity contribution in [1.82, 2.24) is 0 Å². The van der Waals surface area contributed by atoms with Gasteiger partial charge in [0.25, 0.3) is 0 Å². The van der Waals surface area contributed by atoms with Gasteiger partial charge in [-0.2, -0.15) is 0 Å². The molecular formula is C7H8OSi. The van der Waals surface area contributed by atoms with Crippen LogP contribution in [0.4, 0.5) is 0 Å². The Balaban J connectivity index is 2.61. The fourth-order valence-electron chi connectivity index (χ4n) is 0.606. The molecule has 0 aromatic heterocycles. The maximum atomic E-state index is 5.23. The van der Waals surface area contributed by atoms with E-state index in [1.54, 1.807) is 0 Å². The zero-order valence-corrected chi connectivity index (χ0v) is 6.29. The molecule has 0 atom stereocenters. The van der Waals surface area contributed by atoms with Gasteiger partial charge in [0, 0.05) is 0 Å². The highest BCUT2D eigenvalue weighted by atomic mass is 28.2. The summed E-state index contributed by atoms with van der Waals surface area (Å²) in [6.07, 6.45) is 0. The van der Waals surface area contributed by atoms with Gasteiger partial charge in [-0.1, -0.05) is 18.2 Å². The van der Waals surface area contributed by atoms with Crippen molar-refractivity contribution in [2.24, 2.45) is 0 Å². The molecular weight excluding hydrogens is 128 g/mol. The molecule has 0 saturated heterocycles. The second-order valence-electron chi connectivity index (χ2n) is 1.62. The Bertz CT molecular complexity index is 162. The Morgan fingerprint density at radius 2 is 1.89 bits per heavy atom. The summed E-state index contributed by atoms with van der Waals surface area (Å²) >= 11 is 0. The smallest absolute Gasteiger partial charge is 0.307 e. The maximum absolute atomic E-state index is 5.23. The first-order valence-corrected chi connectivity index (χ1v) is 4.23. The van der Waals surface area contributed by atoms with Crippen LogP contribution in [0.2, 0.25) is 6.55 Å². The third kappa shape index (κ3) is 1.89. The van der Waals surface area contributed by atoms with Gasteiger partial charge < -0.3 is 4.43 Å². The van der Waals surface area contributed by atoms with E-state index in [1.165, 1.54) is 0 Å². The number of para-hydroxylation sites is 1. The fraction of sp³-hybridized carbons (Fsp3) is 0.143. The fourth-order valence-corrected chi connectivity index (χ4v) is 0.978. The molecule has 9 heavy (non-hydrogen) atoms. The molecule has 1 nitrogen and oxygen atoms in total. The Kier molecular flexibility index (Phi) is 2.33. The van der Waals surface area contributed by atoms with E-state index in [-0.39, 0.29) is 0 Å². The first kappa shape index (κ1) is 6.36. The summed E-state index contributed by atoms with van der Waals surface area (Å²) in [5.41, 5.74) is 0. The van der Waals surface area contributed by atoms with Gasteiger partial charge in [-0.15, -0.1) is 0 Å². The first-order valence-electron chi connectivity index (χ1n) is 2.82. The minimum absolute atomic E-state index is 0.535. The molecule has 0 aliphatic rings. The molecule has 0 unspecified atom stereocenters. The molecule has 2 radical (unpaired) electrons. The summed E-state index contributed by atoms with van der Waals surface area (Å²) in [7, 11) is 0.535. The molecule has 0 spiro atoms. The molecule has 1 aromatic rings. The summed E-state index contributed by atoms with van der Waals surface area (Å²) in [6.45, 7) is 2.01. The average molecular weight is 136 g/mol. The highest BCUT2D eigenvalue weighted by Crippen LogP contribution is 2.06. The van der Waals surface area contributed by atoms with Gasteiger partial charge in [0.2, 0.25) is 0 Å². The highest BCUT2D eigenvalue weighted by Gasteiger charge is 1.85. The van der Waals surface area contributed by atoms with Crippen LogP contribution in [0.1, 0.15) is 0 Å². The second kappa shape index (κ2) is 3.30. The van der Waals surface area contributed by atoms with E-state index in [1.807, 2.05) is 36.9 Å². The average Bonchev–Trinajstić information content (AvgIpc) is 1.91. The van der Waals surface area contributed by atoms with Crippen LogP contribution < -0.4 is 4.43 Å². The van der Waals surface area contributed by atoms with E-state index >= 15 is 0 Å². The van der Waals surface area contributed by atoms with Crippen molar-refractivity contribution in [3.05, 3.63) is 30.3 Å². The van der Waals surface area contributed by atoms with Crippen LogP contribution in [-0.4, -0.2) is 9.76 Å². The predicted octanol–water partition coefficient (Wildman–Crippen LogP) is 1.73. The number of hydrogen-bond acceptors (Lipinski definition) is 1. The maximum Gasteiger partial charge on any atom is 0.307 e. The zero-order chi connectivity index (χ0) is 6.53. The number of hydrogen-bond donors (Lipinski definition) is 0.